The molecule has 1 fully saturated rings. The van der Waals surface area contributed by atoms with E-state index in [9.17, 15) is 13.2 Å². The highest BCUT2D eigenvalue weighted by molar-refractivity contribution is 5.27. The normalized spacial score (nSPS) is 22.9. The van der Waals surface area contributed by atoms with Crippen LogP contribution in [0.3, 0.4) is 0 Å². The summed E-state index contributed by atoms with van der Waals surface area (Å²) in [6.07, 6.45) is -2.50. The zero-order valence-corrected chi connectivity index (χ0v) is 10.3. The summed E-state index contributed by atoms with van der Waals surface area (Å²) < 4.78 is 45.3. The maximum absolute atomic E-state index is 12.0. The van der Waals surface area contributed by atoms with Gasteiger partial charge in [0, 0.05) is 0 Å². The fourth-order valence-corrected chi connectivity index (χ4v) is 2.00. The van der Waals surface area contributed by atoms with Crippen molar-refractivity contribution in [3.8, 4) is 5.75 Å². The van der Waals surface area contributed by atoms with E-state index in [0.29, 0.717) is 19.1 Å². The van der Waals surface area contributed by atoms with Gasteiger partial charge in [-0.1, -0.05) is 12.1 Å². The van der Waals surface area contributed by atoms with Crippen LogP contribution in [-0.2, 0) is 11.3 Å². The minimum atomic E-state index is -4.65. The van der Waals surface area contributed by atoms with Crippen molar-refractivity contribution in [3.63, 3.8) is 0 Å². The largest absolute Gasteiger partial charge is 0.573 e. The minimum absolute atomic E-state index is 0.219. The number of ether oxygens (including phenoxy) is 2. The van der Waals surface area contributed by atoms with Crippen molar-refractivity contribution >= 4 is 0 Å². The van der Waals surface area contributed by atoms with Gasteiger partial charge in [-0.25, -0.2) is 0 Å². The van der Waals surface area contributed by atoms with Crippen LogP contribution in [0.2, 0.25) is 0 Å². The molecule has 2 N–H and O–H groups in total. The maximum atomic E-state index is 12.0. The van der Waals surface area contributed by atoms with E-state index < -0.39 is 6.36 Å². The maximum Gasteiger partial charge on any atom is 0.573 e. The first-order valence-corrected chi connectivity index (χ1v) is 6.12. The van der Waals surface area contributed by atoms with Gasteiger partial charge >= 0.3 is 6.36 Å². The van der Waals surface area contributed by atoms with Gasteiger partial charge in [0.05, 0.1) is 12.7 Å². The Kier molecular flexibility index (Phi) is 4.31. The number of nitrogens with two attached hydrogens (primary N) is 1. The van der Waals surface area contributed by atoms with Gasteiger partial charge in [0.2, 0.25) is 0 Å². The predicted molar refractivity (Wildman–Crippen MR) is 63.5 cm³/mol. The van der Waals surface area contributed by atoms with Crippen molar-refractivity contribution in [1.29, 1.82) is 0 Å². The molecule has 2 rings (SSSR count). The lowest BCUT2D eigenvalue weighted by Crippen LogP contribution is -2.35. The SMILES string of the molecule is NCC1CC(OCc2ccc(OC(F)(F)F)cc2)C1. The van der Waals surface area contributed by atoms with Gasteiger partial charge in [-0.2, -0.15) is 0 Å². The lowest BCUT2D eigenvalue weighted by atomic mass is 9.82. The number of alkyl halides is 3. The predicted octanol–water partition coefficient (Wildman–Crippen LogP) is 2.84. The molecule has 1 aliphatic rings. The first-order chi connectivity index (χ1) is 8.96. The zero-order chi connectivity index (χ0) is 13.9. The highest BCUT2D eigenvalue weighted by Gasteiger charge is 2.31. The van der Waals surface area contributed by atoms with Gasteiger partial charge in [0.1, 0.15) is 5.75 Å². The summed E-state index contributed by atoms with van der Waals surface area (Å²) in [6.45, 7) is 1.08. The molecule has 0 heterocycles. The van der Waals surface area contributed by atoms with Crippen molar-refractivity contribution < 1.29 is 22.6 Å². The van der Waals surface area contributed by atoms with Crippen molar-refractivity contribution in [2.24, 2.45) is 11.7 Å². The standard InChI is InChI=1S/C13H16F3NO2/c14-13(15,16)19-11-3-1-9(2-4-11)8-18-12-5-10(6-12)7-17/h1-4,10,12H,5-8,17H2. The summed E-state index contributed by atoms with van der Waals surface area (Å²) in [6, 6.07) is 5.71. The Balaban J connectivity index is 1.76. The van der Waals surface area contributed by atoms with E-state index in [1.807, 2.05) is 0 Å². The summed E-state index contributed by atoms with van der Waals surface area (Å²) in [7, 11) is 0. The molecule has 0 spiro atoms. The fourth-order valence-electron chi connectivity index (χ4n) is 2.00. The third-order valence-electron chi connectivity index (χ3n) is 3.17. The highest BCUT2D eigenvalue weighted by atomic mass is 19.4. The van der Waals surface area contributed by atoms with Crippen LogP contribution in [0, 0.1) is 5.92 Å². The van der Waals surface area contributed by atoms with Crippen LogP contribution in [0.4, 0.5) is 13.2 Å². The number of hydrogen-bond donors (Lipinski definition) is 1. The lowest BCUT2D eigenvalue weighted by Gasteiger charge is -2.34. The molecule has 0 saturated heterocycles. The van der Waals surface area contributed by atoms with E-state index in [0.717, 1.165) is 18.4 Å². The summed E-state index contributed by atoms with van der Waals surface area (Å²) in [5, 5.41) is 0. The summed E-state index contributed by atoms with van der Waals surface area (Å²) >= 11 is 0. The first kappa shape index (κ1) is 14.1. The molecule has 0 radical (unpaired) electrons. The Labute approximate surface area is 109 Å². The second-order valence-electron chi connectivity index (χ2n) is 4.70. The van der Waals surface area contributed by atoms with E-state index in [-0.39, 0.29) is 11.9 Å². The Morgan fingerprint density at radius 2 is 1.79 bits per heavy atom. The molecule has 106 valence electrons. The van der Waals surface area contributed by atoms with Gasteiger partial charge in [-0.15, -0.1) is 13.2 Å². The van der Waals surface area contributed by atoms with Crippen LogP contribution < -0.4 is 10.5 Å². The molecule has 0 unspecified atom stereocenters. The molecule has 0 bridgehead atoms. The van der Waals surface area contributed by atoms with Crippen LogP contribution in [0.15, 0.2) is 24.3 Å². The Hall–Kier alpha value is -1.27. The van der Waals surface area contributed by atoms with Crippen LogP contribution in [0.25, 0.3) is 0 Å². The van der Waals surface area contributed by atoms with Crippen LogP contribution in [0.1, 0.15) is 18.4 Å². The molecule has 1 saturated carbocycles. The third kappa shape index (κ3) is 4.40. The first-order valence-electron chi connectivity index (χ1n) is 6.12. The quantitative estimate of drug-likeness (QED) is 0.898. The Bertz CT molecular complexity index is 399. The van der Waals surface area contributed by atoms with Gasteiger partial charge < -0.3 is 15.2 Å². The number of hydrogen-bond acceptors (Lipinski definition) is 3. The van der Waals surface area contributed by atoms with Gasteiger partial charge in [-0.05, 0) is 43.0 Å². The number of benzene rings is 1. The third-order valence-corrected chi connectivity index (χ3v) is 3.17. The second-order valence-corrected chi connectivity index (χ2v) is 4.70. The van der Waals surface area contributed by atoms with Crippen LogP contribution in [-0.4, -0.2) is 19.0 Å². The average molecular weight is 275 g/mol. The minimum Gasteiger partial charge on any atom is -0.406 e. The van der Waals surface area contributed by atoms with E-state index in [2.05, 4.69) is 4.74 Å². The van der Waals surface area contributed by atoms with E-state index in [4.69, 9.17) is 10.5 Å². The molecule has 6 heteroatoms. The molecule has 1 aromatic rings. The van der Waals surface area contributed by atoms with Crippen molar-refractivity contribution in [2.45, 2.75) is 31.9 Å². The Morgan fingerprint density at radius 1 is 1.16 bits per heavy atom. The van der Waals surface area contributed by atoms with Gasteiger partial charge in [0.15, 0.2) is 0 Å². The zero-order valence-electron chi connectivity index (χ0n) is 10.3. The fraction of sp³-hybridized carbons (Fsp3) is 0.538. The molecular weight excluding hydrogens is 259 g/mol. The van der Waals surface area contributed by atoms with Crippen molar-refractivity contribution in [1.82, 2.24) is 0 Å². The van der Waals surface area contributed by atoms with E-state index >= 15 is 0 Å². The van der Waals surface area contributed by atoms with E-state index in [1.165, 1.54) is 12.1 Å². The van der Waals surface area contributed by atoms with Crippen molar-refractivity contribution in [2.75, 3.05) is 6.54 Å². The average Bonchev–Trinajstić information content (AvgIpc) is 2.27. The molecule has 1 aromatic carbocycles. The van der Waals surface area contributed by atoms with E-state index in [1.54, 1.807) is 12.1 Å². The number of halogens is 3. The topological polar surface area (TPSA) is 44.5 Å². The molecule has 19 heavy (non-hydrogen) atoms. The monoisotopic (exact) mass is 275 g/mol. The second kappa shape index (κ2) is 5.79. The molecule has 0 aliphatic heterocycles. The van der Waals surface area contributed by atoms with Gasteiger partial charge in [0.25, 0.3) is 0 Å². The van der Waals surface area contributed by atoms with Crippen LogP contribution >= 0.6 is 0 Å². The summed E-state index contributed by atoms with van der Waals surface area (Å²) in [5.41, 5.74) is 6.33. The lowest BCUT2D eigenvalue weighted by molar-refractivity contribution is -0.274. The molecule has 0 amide bonds. The Morgan fingerprint density at radius 3 is 2.32 bits per heavy atom. The highest BCUT2D eigenvalue weighted by Crippen LogP contribution is 2.30. The molecule has 0 aromatic heterocycles. The molecular formula is C13H16F3NO2. The smallest absolute Gasteiger partial charge is 0.406 e. The summed E-state index contributed by atoms with van der Waals surface area (Å²) in [5.74, 6) is 0.329. The number of rotatable bonds is 5. The molecule has 0 atom stereocenters. The summed E-state index contributed by atoms with van der Waals surface area (Å²) in [4.78, 5) is 0. The van der Waals surface area contributed by atoms with Crippen molar-refractivity contribution in [3.05, 3.63) is 29.8 Å². The molecule has 3 nitrogen and oxygen atoms in total. The van der Waals surface area contributed by atoms with Gasteiger partial charge in [-0.3, -0.25) is 0 Å². The van der Waals surface area contributed by atoms with Crippen LogP contribution in [0.5, 0.6) is 5.75 Å². The molecule has 1 aliphatic carbocycles.